The summed E-state index contributed by atoms with van der Waals surface area (Å²) in [7, 11) is 0. The number of aryl methyl sites for hydroxylation is 3. The maximum Gasteiger partial charge on any atom is 0.261 e. The molecular weight excluding hydrogens is 350 g/mol. The number of carbonyl (C=O) groups excluding carboxylic acids is 2. The summed E-state index contributed by atoms with van der Waals surface area (Å²) in [5, 5.41) is 4.50. The number of nitrogens with zero attached hydrogens (tertiary/aromatic N) is 3. The Hall–Kier alpha value is -2.43. The highest BCUT2D eigenvalue weighted by Gasteiger charge is 2.34. The van der Waals surface area contributed by atoms with Crippen molar-refractivity contribution in [2.24, 2.45) is 0 Å². The van der Waals surface area contributed by atoms with Crippen LogP contribution in [0.3, 0.4) is 0 Å². The average molecular weight is 382 g/mol. The Kier molecular flexibility index (Phi) is 7.01. The van der Waals surface area contributed by atoms with Gasteiger partial charge in [-0.25, -0.2) is 0 Å². The number of hydrogen-bond donors (Lipinski definition) is 0. The first-order valence-corrected chi connectivity index (χ1v) is 10.5. The molecule has 0 spiro atoms. The van der Waals surface area contributed by atoms with E-state index in [1.165, 1.54) is 49.1 Å². The van der Waals surface area contributed by atoms with Crippen LogP contribution in [0.4, 0.5) is 0 Å². The lowest BCUT2D eigenvalue weighted by Crippen LogP contribution is -2.30. The third kappa shape index (κ3) is 4.89. The van der Waals surface area contributed by atoms with E-state index in [-0.39, 0.29) is 11.8 Å². The minimum atomic E-state index is -0.136. The Bertz CT molecular complexity index is 790. The largest absolute Gasteiger partial charge is 0.274 e. The quantitative estimate of drug-likeness (QED) is 0.410. The van der Waals surface area contributed by atoms with Crippen LogP contribution in [0.1, 0.15) is 83.5 Å². The van der Waals surface area contributed by atoms with Crippen LogP contribution >= 0.6 is 0 Å². The third-order valence-corrected chi connectivity index (χ3v) is 5.48. The van der Waals surface area contributed by atoms with E-state index < -0.39 is 0 Å². The summed E-state index contributed by atoms with van der Waals surface area (Å²) in [4.78, 5) is 26.0. The first-order chi connectivity index (χ1) is 13.6. The monoisotopic (exact) mass is 381 g/mol. The van der Waals surface area contributed by atoms with Crippen LogP contribution < -0.4 is 0 Å². The molecule has 0 saturated carbocycles. The fourth-order valence-electron chi connectivity index (χ4n) is 3.94. The van der Waals surface area contributed by atoms with E-state index in [9.17, 15) is 9.59 Å². The zero-order chi connectivity index (χ0) is 19.9. The van der Waals surface area contributed by atoms with E-state index >= 15 is 0 Å². The van der Waals surface area contributed by atoms with E-state index in [1.807, 2.05) is 19.1 Å². The average Bonchev–Trinajstić information content (AvgIpc) is 3.13. The highest BCUT2D eigenvalue weighted by Crippen LogP contribution is 2.23. The van der Waals surface area contributed by atoms with Gasteiger partial charge in [0, 0.05) is 18.8 Å². The van der Waals surface area contributed by atoms with Crippen LogP contribution in [0.5, 0.6) is 0 Å². The highest BCUT2D eigenvalue weighted by atomic mass is 16.2. The van der Waals surface area contributed by atoms with Crippen molar-refractivity contribution in [1.29, 1.82) is 0 Å². The lowest BCUT2D eigenvalue weighted by atomic mass is 10.1. The van der Waals surface area contributed by atoms with Gasteiger partial charge in [-0.15, -0.1) is 0 Å². The van der Waals surface area contributed by atoms with Gasteiger partial charge in [0.25, 0.3) is 11.8 Å². The van der Waals surface area contributed by atoms with Crippen molar-refractivity contribution in [2.45, 2.75) is 71.8 Å². The highest BCUT2D eigenvalue weighted by molar-refractivity contribution is 6.21. The van der Waals surface area contributed by atoms with E-state index in [0.717, 1.165) is 25.1 Å². The van der Waals surface area contributed by atoms with Gasteiger partial charge in [0.05, 0.1) is 16.8 Å². The standard InChI is InChI=1S/C23H31N3O2/c1-18-17-19(2)26(24-18)16-12-8-6-4-3-5-7-11-15-25-22(27)20-13-9-10-14-21(20)23(25)28/h9-10,13-14,17H,3-8,11-12,15-16H2,1-2H3. The summed E-state index contributed by atoms with van der Waals surface area (Å²) < 4.78 is 2.11. The van der Waals surface area contributed by atoms with Crippen molar-refractivity contribution >= 4 is 11.8 Å². The second-order valence-electron chi connectivity index (χ2n) is 7.79. The maximum absolute atomic E-state index is 12.3. The van der Waals surface area contributed by atoms with Crippen LogP contribution in [0.2, 0.25) is 0 Å². The summed E-state index contributed by atoms with van der Waals surface area (Å²) in [6.45, 7) is 5.70. The molecule has 5 heteroatoms. The molecule has 1 aliphatic heterocycles. The van der Waals surface area contributed by atoms with E-state index in [0.29, 0.717) is 17.7 Å². The number of carbonyl (C=O) groups is 2. The van der Waals surface area contributed by atoms with E-state index in [1.54, 1.807) is 12.1 Å². The van der Waals surface area contributed by atoms with Gasteiger partial charge < -0.3 is 0 Å². The zero-order valence-corrected chi connectivity index (χ0v) is 17.1. The number of fused-ring (bicyclic) bond motifs is 1. The lowest BCUT2D eigenvalue weighted by Gasteiger charge is -2.13. The Labute approximate surface area is 167 Å². The fourth-order valence-corrected chi connectivity index (χ4v) is 3.94. The normalized spacial score (nSPS) is 13.4. The molecule has 28 heavy (non-hydrogen) atoms. The molecule has 0 fully saturated rings. The number of amides is 2. The van der Waals surface area contributed by atoms with Crippen molar-refractivity contribution < 1.29 is 9.59 Å². The molecule has 0 radical (unpaired) electrons. The van der Waals surface area contributed by atoms with Gasteiger partial charge in [-0.3, -0.25) is 19.2 Å². The molecule has 0 aliphatic carbocycles. The topological polar surface area (TPSA) is 55.2 Å². The number of rotatable bonds is 11. The fraction of sp³-hybridized carbons (Fsp3) is 0.522. The third-order valence-electron chi connectivity index (χ3n) is 5.48. The first kappa shape index (κ1) is 20.3. The van der Waals surface area contributed by atoms with Crippen LogP contribution in [-0.4, -0.2) is 33.0 Å². The Morgan fingerprint density at radius 2 is 1.25 bits per heavy atom. The van der Waals surface area contributed by atoms with Gasteiger partial charge in [-0.2, -0.15) is 5.10 Å². The summed E-state index contributed by atoms with van der Waals surface area (Å²) in [5.74, 6) is -0.272. The molecule has 5 nitrogen and oxygen atoms in total. The van der Waals surface area contributed by atoms with Crippen molar-refractivity contribution in [3.63, 3.8) is 0 Å². The van der Waals surface area contributed by atoms with Gasteiger partial charge in [0.1, 0.15) is 0 Å². The molecule has 0 saturated heterocycles. The second-order valence-corrected chi connectivity index (χ2v) is 7.79. The van der Waals surface area contributed by atoms with Crippen molar-refractivity contribution in [1.82, 2.24) is 14.7 Å². The second kappa shape index (κ2) is 9.67. The van der Waals surface area contributed by atoms with Crippen LogP contribution in [0.15, 0.2) is 30.3 Å². The molecule has 2 heterocycles. The first-order valence-electron chi connectivity index (χ1n) is 10.5. The van der Waals surface area contributed by atoms with Crippen LogP contribution in [0.25, 0.3) is 0 Å². The molecule has 0 N–H and O–H groups in total. The molecule has 2 amide bonds. The molecule has 0 bridgehead atoms. The lowest BCUT2D eigenvalue weighted by molar-refractivity contribution is 0.0651. The Morgan fingerprint density at radius 1 is 0.750 bits per heavy atom. The summed E-state index contributed by atoms with van der Waals surface area (Å²) in [6.07, 6.45) is 9.29. The van der Waals surface area contributed by atoms with Gasteiger partial charge in [0.2, 0.25) is 0 Å². The molecule has 1 aromatic heterocycles. The summed E-state index contributed by atoms with van der Waals surface area (Å²) in [5.41, 5.74) is 3.44. The number of imide groups is 1. The molecule has 1 aromatic carbocycles. The van der Waals surface area contributed by atoms with Crippen LogP contribution in [-0.2, 0) is 6.54 Å². The number of unbranched alkanes of at least 4 members (excludes halogenated alkanes) is 7. The molecule has 0 atom stereocenters. The molecule has 150 valence electrons. The van der Waals surface area contributed by atoms with Crippen molar-refractivity contribution in [3.8, 4) is 0 Å². The molecule has 2 aromatic rings. The van der Waals surface area contributed by atoms with E-state index in [2.05, 4.69) is 22.8 Å². The number of hydrogen-bond acceptors (Lipinski definition) is 3. The number of benzene rings is 1. The van der Waals surface area contributed by atoms with Gasteiger partial charge in [0.15, 0.2) is 0 Å². The van der Waals surface area contributed by atoms with Gasteiger partial charge >= 0.3 is 0 Å². The minimum absolute atomic E-state index is 0.136. The van der Waals surface area contributed by atoms with Crippen LogP contribution in [0, 0.1) is 13.8 Å². The Balaban J connectivity index is 1.22. The Morgan fingerprint density at radius 3 is 1.75 bits per heavy atom. The van der Waals surface area contributed by atoms with Gasteiger partial charge in [-0.05, 0) is 44.9 Å². The molecule has 0 unspecified atom stereocenters. The van der Waals surface area contributed by atoms with Crippen molar-refractivity contribution in [2.75, 3.05) is 6.54 Å². The molecule has 1 aliphatic rings. The maximum atomic E-state index is 12.3. The predicted octanol–water partition coefficient (Wildman–Crippen LogP) is 4.92. The zero-order valence-electron chi connectivity index (χ0n) is 17.1. The molecule has 3 rings (SSSR count). The SMILES string of the molecule is Cc1cc(C)n(CCCCCCCCCCN2C(=O)c3ccccc3C2=O)n1. The summed E-state index contributed by atoms with van der Waals surface area (Å²) >= 11 is 0. The smallest absolute Gasteiger partial charge is 0.261 e. The number of aromatic nitrogens is 2. The van der Waals surface area contributed by atoms with Crippen molar-refractivity contribution in [3.05, 3.63) is 52.8 Å². The summed E-state index contributed by atoms with van der Waals surface area (Å²) in [6, 6.07) is 9.23. The van der Waals surface area contributed by atoms with E-state index in [4.69, 9.17) is 0 Å². The molecular formula is C23H31N3O2. The van der Waals surface area contributed by atoms with Gasteiger partial charge in [-0.1, -0.05) is 50.7 Å². The predicted molar refractivity (Wildman–Crippen MR) is 110 cm³/mol. The minimum Gasteiger partial charge on any atom is -0.274 e.